The number of ether oxygens (including phenoxy) is 2. The number of carbonyl (C=O) groups excluding carboxylic acids is 1. The van der Waals surface area contributed by atoms with Crippen LogP contribution in [0.2, 0.25) is 0 Å². The summed E-state index contributed by atoms with van der Waals surface area (Å²) in [6.07, 6.45) is 2.24. The number of aromatic nitrogens is 1. The van der Waals surface area contributed by atoms with E-state index in [9.17, 15) is 4.79 Å². The van der Waals surface area contributed by atoms with Crippen LogP contribution in [0, 0.1) is 0 Å². The number of nitrogens with zero attached hydrogens (tertiary/aromatic N) is 4. The fourth-order valence-electron chi connectivity index (χ4n) is 4.90. The van der Waals surface area contributed by atoms with Crippen LogP contribution in [-0.4, -0.2) is 87.5 Å². The fraction of sp³-hybridized carbons (Fsp3) is 0.520. The molecule has 1 aromatic heterocycles. The fourth-order valence-corrected chi connectivity index (χ4v) is 4.90. The summed E-state index contributed by atoms with van der Waals surface area (Å²) >= 11 is 0. The summed E-state index contributed by atoms with van der Waals surface area (Å²) < 4.78 is 10.9. The van der Waals surface area contributed by atoms with Crippen molar-refractivity contribution in [2.75, 3.05) is 80.8 Å². The van der Waals surface area contributed by atoms with Crippen LogP contribution in [0.3, 0.4) is 0 Å². The van der Waals surface area contributed by atoms with Crippen molar-refractivity contribution in [2.24, 2.45) is 0 Å². The molecule has 2 aromatic rings. The molecule has 8 nitrogen and oxygen atoms in total. The Hall–Kier alpha value is -2.68. The van der Waals surface area contributed by atoms with Crippen molar-refractivity contribution < 1.29 is 14.3 Å². The quantitative estimate of drug-likeness (QED) is 0.749. The van der Waals surface area contributed by atoms with E-state index in [1.165, 1.54) is 0 Å². The summed E-state index contributed by atoms with van der Waals surface area (Å²) in [6.45, 7) is 8.98. The molecule has 0 atom stereocenters. The average Bonchev–Trinajstić information content (AvgIpc) is 2.90. The topological polar surface area (TPSA) is 70.2 Å². The zero-order chi connectivity index (χ0) is 22.5. The van der Waals surface area contributed by atoms with Gasteiger partial charge in [0.15, 0.2) is 0 Å². The number of amides is 1. The number of hydrogen-bond donors (Lipinski definition) is 1. The minimum atomic E-state index is -0.181. The number of benzene rings is 1. The standard InChI is InChI=1S/C25H33N5O3/c31-25(26-20-4-6-21(7-5-20)28-12-16-32-17-13-28)23-2-1-3-24(27-23)30-10-8-22(9-11-30)29-14-18-33-19-15-29/h1-7,22H,8-19H2,(H,26,31). The first kappa shape index (κ1) is 22.1. The first-order chi connectivity index (χ1) is 16.3. The van der Waals surface area contributed by atoms with Gasteiger partial charge in [0.2, 0.25) is 0 Å². The highest BCUT2D eigenvalue weighted by Crippen LogP contribution is 2.23. The van der Waals surface area contributed by atoms with Crippen molar-refractivity contribution in [2.45, 2.75) is 18.9 Å². The van der Waals surface area contributed by atoms with Crippen LogP contribution in [0.25, 0.3) is 0 Å². The maximum Gasteiger partial charge on any atom is 0.274 e. The van der Waals surface area contributed by atoms with Gasteiger partial charge in [-0.1, -0.05) is 6.07 Å². The first-order valence-electron chi connectivity index (χ1n) is 12.0. The van der Waals surface area contributed by atoms with Gasteiger partial charge in [-0.05, 0) is 49.2 Å². The Bertz CT molecular complexity index is 918. The van der Waals surface area contributed by atoms with Gasteiger partial charge in [0.05, 0.1) is 26.4 Å². The van der Waals surface area contributed by atoms with E-state index in [0.29, 0.717) is 11.7 Å². The molecule has 0 saturated carbocycles. The molecule has 0 radical (unpaired) electrons. The van der Waals surface area contributed by atoms with E-state index in [-0.39, 0.29) is 5.91 Å². The number of piperidine rings is 1. The second-order valence-electron chi connectivity index (χ2n) is 8.85. The van der Waals surface area contributed by atoms with Crippen molar-refractivity contribution in [3.8, 4) is 0 Å². The van der Waals surface area contributed by atoms with E-state index in [4.69, 9.17) is 9.47 Å². The summed E-state index contributed by atoms with van der Waals surface area (Å²) in [5.74, 6) is 0.699. The Morgan fingerprint density at radius 3 is 2.18 bits per heavy atom. The molecule has 1 N–H and O–H groups in total. The van der Waals surface area contributed by atoms with Gasteiger partial charge in [0, 0.05) is 56.7 Å². The third kappa shape index (κ3) is 5.46. The monoisotopic (exact) mass is 451 g/mol. The highest BCUT2D eigenvalue weighted by molar-refractivity contribution is 6.03. The molecule has 0 spiro atoms. The van der Waals surface area contributed by atoms with E-state index in [0.717, 1.165) is 95.7 Å². The van der Waals surface area contributed by atoms with Crippen molar-refractivity contribution in [3.05, 3.63) is 48.2 Å². The first-order valence-corrected chi connectivity index (χ1v) is 12.0. The normalized spacial score (nSPS) is 20.6. The zero-order valence-electron chi connectivity index (χ0n) is 19.1. The minimum absolute atomic E-state index is 0.181. The third-order valence-electron chi connectivity index (χ3n) is 6.82. The van der Waals surface area contributed by atoms with Gasteiger partial charge in [-0.25, -0.2) is 4.98 Å². The Kier molecular flexibility index (Phi) is 7.04. The average molecular weight is 452 g/mol. The molecule has 0 aliphatic carbocycles. The predicted molar refractivity (Wildman–Crippen MR) is 129 cm³/mol. The van der Waals surface area contributed by atoms with Gasteiger partial charge in [-0.15, -0.1) is 0 Å². The van der Waals surface area contributed by atoms with E-state index < -0.39 is 0 Å². The molecule has 4 heterocycles. The van der Waals surface area contributed by atoms with Gasteiger partial charge in [0.25, 0.3) is 5.91 Å². The number of hydrogen-bond acceptors (Lipinski definition) is 7. The zero-order valence-corrected chi connectivity index (χ0v) is 19.1. The Morgan fingerprint density at radius 2 is 1.48 bits per heavy atom. The van der Waals surface area contributed by atoms with E-state index in [1.807, 2.05) is 36.4 Å². The van der Waals surface area contributed by atoms with Crippen LogP contribution in [0.5, 0.6) is 0 Å². The lowest BCUT2D eigenvalue weighted by Gasteiger charge is -2.40. The van der Waals surface area contributed by atoms with Gasteiger partial charge in [-0.3, -0.25) is 9.69 Å². The Balaban J connectivity index is 1.17. The largest absolute Gasteiger partial charge is 0.379 e. The molecular formula is C25H33N5O3. The lowest BCUT2D eigenvalue weighted by Crippen LogP contribution is -2.49. The molecule has 8 heteroatoms. The molecule has 3 aliphatic rings. The van der Waals surface area contributed by atoms with Crippen LogP contribution < -0.4 is 15.1 Å². The number of carbonyl (C=O) groups is 1. The molecule has 33 heavy (non-hydrogen) atoms. The molecule has 3 aliphatic heterocycles. The van der Waals surface area contributed by atoms with Crippen LogP contribution >= 0.6 is 0 Å². The van der Waals surface area contributed by atoms with E-state index >= 15 is 0 Å². The Labute approximate surface area is 195 Å². The lowest BCUT2D eigenvalue weighted by atomic mass is 10.0. The summed E-state index contributed by atoms with van der Waals surface area (Å²) in [4.78, 5) is 24.7. The highest BCUT2D eigenvalue weighted by atomic mass is 16.5. The van der Waals surface area contributed by atoms with Crippen molar-refractivity contribution >= 4 is 23.1 Å². The molecule has 1 amide bonds. The summed E-state index contributed by atoms with van der Waals surface area (Å²) in [5.41, 5.74) is 2.37. The third-order valence-corrected chi connectivity index (χ3v) is 6.82. The van der Waals surface area contributed by atoms with Crippen molar-refractivity contribution in [1.82, 2.24) is 9.88 Å². The second-order valence-corrected chi connectivity index (χ2v) is 8.85. The SMILES string of the molecule is O=C(Nc1ccc(N2CCOCC2)cc1)c1cccc(N2CCC(N3CCOCC3)CC2)n1. The summed E-state index contributed by atoms with van der Waals surface area (Å²) in [7, 11) is 0. The maximum absolute atomic E-state index is 12.9. The maximum atomic E-state index is 12.9. The van der Waals surface area contributed by atoms with Gasteiger partial charge < -0.3 is 24.6 Å². The number of nitrogens with one attached hydrogen (secondary N) is 1. The summed E-state index contributed by atoms with van der Waals surface area (Å²) in [6, 6.07) is 14.3. The lowest BCUT2D eigenvalue weighted by molar-refractivity contribution is 0.0115. The van der Waals surface area contributed by atoms with E-state index in [2.05, 4.69) is 25.0 Å². The molecule has 176 valence electrons. The molecular weight excluding hydrogens is 418 g/mol. The van der Waals surface area contributed by atoms with E-state index in [1.54, 1.807) is 6.07 Å². The molecule has 1 aromatic carbocycles. The van der Waals surface area contributed by atoms with Gasteiger partial charge >= 0.3 is 0 Å². The van der Waals surface area contributed by atoms with Crippen LogP contribution in [0.1, 0.15) is 23.3 Å². The van der Waals surface area contributed by atoms with Crippen molar-refractivity contribution in [1.29, 1.82) is 0 Å². The van der Waals surface area contributed by atoms with Crippen molar-refractivity contribution in [3.63, 3.8) is 0 Å². The van der Waals surface area contributed by atoms with Gasteiger partial charge in [-0.2, -0.15) is 0 Å². The molecule has 3 fully saturated rings. The molecule has 3 saturated heterocycles. The predicted octanol–water partition coefficient (Wildman–Crippen LogP) is 2.47. The molecule has 5 rings (SSSR count). The minimum Gasteiger partial charge on any atom is -0.379 e. The second kappa shape index (κ2) is 10.5. The van der Waals surface area contributed by atoms with Crippen LogP contribution in [0.15, 0.2) is 42.5 Å². The molecule has 0 unspecified atom stereocenters. The number of morpholine rings is 2. The number of pyridine rings is 1. The smallest absolute Gasteiger partial charge is 0.274 e. The molecule has 0 bridgehead atoms. The van der Waals surface area contributed by atoms with Crippen LogP contribution in [-0.2, 0) is 9.47 Å². The number of rotatable bonds is 5. The van der Waals surface area contributed by atoms with Gasteiger partial charge in [0.1, 0.15) is 11.5 Å². The Morgan fingerprint density at radius 1 is 0.818 bits per heavy atom. The number of anilines is 3. The van der Waals surface area contributed by atoms with Crippen LogP contribution in [0.4, 0.5) is 17.2 Å². The highest BCUT2D eigenvalue weighted by Gasteiger charge is 2.26. The summed E-state index contributed by atoms with van der Waals surface area (Å²) in [5, 5.41) is 2.99.